The molecule has 1 aromatic carbocycles. The highest BCUT2D eigenvalue weighted by molar-refractivity contribution is 7.99. The molecule has 0 saturated heterocycles. The van der Waals surface area contributed by atoms with E-state index >= 15 is 0 Å². The summed E-state index contributed by atoms with van der Waals surface area (Å²) < 4.78 is 23.0. The number of hydrogen-bond acceptors (Lipinski definition) is 5. The van der Waals surface area contributed by atoms with E-state index in [9.17, 15) is 14.0 Å². The van der Waals surface area contributed by atoms with Crippen molar-refractivity contribution in [3.63, 3.8) is 0 Å². The van der Waals surface area contributed by atoms with Gasteiger partial charge in [0.25, 0.3) is 5.91 Å². The van der Waals surface area contributed by atoms with E-state index in [2.05, 4.69) is 5.32 Å². The summed E-state index contributed by atoms with van der Waals surface area (Å²) in [5.74, 6) is -0.0208. The van der Waals surface area contributed by atoms with Crippen LogP contribution in [0.4, 0.5) is 4.39 Å². The average molecular weight is 351 g/mol. The first-order valence-electron chi connectivity index (χ1n) is 7.42. The van der Waals surface area contributed by atoms with Gasteiger partial charge in [-0.2, -0.15) is 0 Å². The molecule has 0 saturated carbocycles. The molecule has 1 atom stereocenters. The van der Waals surface area contributed by atoms with Crippen LogP contribution in [0.2, 0.25) is 0 Å². The van der Waals surface area contributed by atoms with E-state index in [0.717, 1.165) is 4.90 Å². The fourth-order valence-corrected chi connectivity index (χ4v) is 2.66. The normalized spacial score (nSPS) is 11.8. The second-order valence-electron chi connectivity index (χ2n) is 4.98. The van der Waals surface area contributed by atoms with Gasteiger partial charge in [0.2, 0.25) is 0 Å². The van der Waals surface area contributed by atoms with E-state index in [1.807, 2.05) is 0 Å². The van der Waals surface area contributed by atoms with Crippen LogP contribution in [0, 0.1) is 5.82 Å². The Kier molecular flexibility index (Phi) is 6.87. The summed E-state index contributed by atoms with van der Waals surface area (Å²) in [6, 6.07) is 9.50. The lowest BCUT2D eigenvalue weighted by atomic mass is 10.3. The molecule has 2 aromatic rings. The molecule has 1 N–H and O–H groups in total. The SMILES string of the molecule is C[C@@H](OC(=O)CCSc1ccc(F)cc1)C(=O)NCc1ccco1. The lowest BCUT2D eigenvalue weighted by Gasteiger charge is -2.13. The Morgan fingerprint density at radius 2 is 2.04 bits per heavy atom. The Balaban J connectivity index is 1.65. The number of ether oxygens (including phenoxy) is 1. The number of thioether (sulfide) groups is 1. The molecule has 0 aliphatic carbocycles. The van der Waals surface area contributed by atoms with Crippen LogP contribution in [0.5, 0.6) is 0 Å². The van der Waals surface area contributed by atoms with Crippen LogP contribution in [-0.4, -0.2) is 23.7 Å². The molecule has 0 bridgehead atoms. The van der Waals surface area contributed by atoms with Crippen molar-refractivity contribution in [3.8, 4) is 0 Å². The van der Waals surface area contributed by atoms with Crippen LogP contribution in [0.25, 0.3) is 0 Å². The summed E-state index contributed by atoms with van der Waals surface area (Å²) in [7, 11) is 0. The van der Waals surface area contributed by atoms with Gasteiger partial charge in [0.05, 0.1) is 19.2 Å². The Morgan fingerprint density at radius 3 is 2.71 bits per heavy atom. The van der Waals surface area contributed by atoms with Crippen molar-refractivity contribution in [2.45, 2.75) is 30.9 Å². The molecule has 1 aromatic heterocycles. The number of carbonyl (C=O) groups excluding carboxylic acids is 2. The second kappa shape index (κ2) is 9.12. The first-order chi connectivity index (χ1) is 11.5. The van der Waals surface area contributed by atoms with Crippen molar-refractivity contribution in [1.82, 2.24) is 5.32 Å². The molecule has 1 amide bonds. The zero-order chi connectivity index (χ0) is 17.4. The highest BCUT2D eigenvalue weighted by atomic mass is 32.2. The number of esters is 1. The molecule has 1 heterocycles. The summed E-state index contributed by atoms with van der Waals surface area (Å²) in [5, 5.41) is 2.63. The van der Waals surface area contributed by atoms with Crippen LogP contribution in [0.15, 0.2) is 52.0 Å². The molecule has 5 nitrogen and oxygen atoms in total. The van der Waals surface area contributed by atoms with Gasteiger partial charge >= 0.3 is 5.97 Å². The lowest BCUT2D eigenvalue weighted by Crippen LogP contribution is -2.35. The molecule has 0 radical (unpaired) electrons. The number of amides is 1. The minimum absolute atomic E-state index is 0.165. The Morgan fingerprint density at radius 1 is 1.29 bits per heavy atom. The van der Waals surface area contributed by atoms with Gasteiger partial charge in [-0.25, -0.2) is 4.39 Å². The number of hydrogen-bond donors (Lipinski definition) is 1. The van der Waals surface area contributed by atoms with Crippen LogP contribution >= 0.6 is 11.8 Å². The molecule has 0 aliphatic rings. The standard InChI is InChI=1S/C17H18FNO4S/c1-12(17(21)19-11-14-3-2-9-22-14)23-16(20)8-10-24-15-6-4-13(18)5-7-15/h2-7,9,12H,8,10-11H2,1H3,(H,19,21)/t12-/m1/s1. The van der Waals surface area contributed by atoms with E-state index in [4.69, 9.17) is 9.15 Å². The van der Waals surface area contributed by atoms with Gasteiger partial charge < -0.3 is 14.5 Å². The minimum Gasteiger partial charge on any atom is -0.467 e. The van der Waals surface area contributed by atoms with Gasteiger partial charge in [-0.1, -0.05) is 0 Å². The molecular formula is C17H18FNO4S. The number of nitrogens with one attached hydrogen (secondary N) is 1. The molecule has 24 heavy (non-hydrogen) atoms. The summed E-state index contributed by atoms with van der Waals surface area (Å²) in [6.45, 7) is 1.76. The third-order valence-corrected chi connectivity index (χ3v) is 4.10. The fourth-order valence-electron chi connectivity index (χ4n) is 1.82. The molecule has 7 heteroatoms. The van der Waals surface area contributed by atoms with Gasteiger partial charge in [0, 0.05) is 10.6 Å². The van der Waals surface area contributed by atoms with E-state index in [1.54, 1.807) is 24.3 Å². The summed E-state index contributed by atoms with van der Waals surface area (Å²) >= 11 is 1.42. The number of furan rings is 1. The monoisotopic (exact) mass is 351 g/mol. The smallest absolute Gasteiger partial charge is 0.307 e. The minimum atomic E-state index is -0.872. The maximum absolute atomic E-state index is 12.8. The number of carbonyl (C=O) groups is 2. The van der Waals surface area contributed by atoms with Gasteiger partial charge in [-0.3, -0.25) is 9.59 Å². The first-order valence-corrected chi connectivity index (χ1v) is 8.41. The fraction of sp³-hybridized carbons (Fsp3) is 0.294. The van der Waals surface area contributed by atoms with Crippen LogP contribution < -0.4 is 5.32 Å². The molecule has 0 aliphatic heterocycles. The quantitative estimate of drug-likeness (QED) is 0.584. The number of benzene rings is 1. The lowest BCUT2D eigenvalue weighted by molar-refractivity contribution is -0.154. The molecule has 0 spiro atoms. The molecule has 0 fully saturated rings. The maximum Gasteiger partial charge on any atom is 0.307 e. The first kappa shape index (κ1) is 18.1. The van der Waals surface area contributed by atoms with Crippen LogP contribution in [0.1, 0.15) is 19.1 Å². The summed E-state index contributed by atoms with van der Waals surface area (Å²) in [5.41, 5.74) is 0. The molecular weight excluding hydrogens is 333 g/mol. The van der Waals surface area contributed by atoms with Crippen molar-refractivity contribution < 1.29 is 23.1 Å². The highest BCUT2D eigenvalue weighted by Gasteiger charge is 2.17. The Bertz CT molecular complexity index is 658. The zero-order valence-electron chi connectivity index (χ0n) is 13.2. The van der Waals surface area contributed by atoms with Gasteiger partial charge in [-0.05, 0) is 43.3 Å². The van der Waals surface area contributed by atoms with Gasteiger partial charge in [0.15, 0.2) is 6.10 Å². The topological polar surface area (TPSA) is 68.5 Å². The van der Waals surface area contributed by atoms with E-state index in [0.29, 0.717) is 11.5 Å². The van der Waals surface area contributed by atoms with E-state index in [-0.39, 0.29) is 24.7 Å². The van der Waals surface area contributed by atoms with Crippen molar-refractivity contribution in [1.29, 1.82) is 0 Å². The number of halogens is 1. The molecule has 128 valence electrons. The molecule has 0 unspecified atom stereocenters. The van der Waals surface area contributed by atoms with E-state index in [1.165, 1.54) is 37.1 Å². The number of rotatable bonds is 8. The zero-order valence-corrected chi connectivity index (χ0v) is 14.0. The Labute approximate surface area is 143 Å². The van der Waals surface area contributed by atoms with Crippen LogP contribution in [0.3, 0.4) is 0 Å². The van der Waals surface area contributed by atoms with Crippen molar-refractivity contribution in [2.24, 2.45) is 0 Å². The Hall–Kier alpha value is -2.28. The van der Waals surface area contributed by atoms with Gasteiger partial charge in [-0.15, -0.1) is 11.8 Å². The van der Waals surface area contributed by atoms with E-state index < -0.39 is 12.1 Å². The van der Waals surface area contributed by atoms with Crippen LogP contribution in [-0.2, 0) is 20.9 Å². The molecule has 2 rings (SSSR count). The summed E-state index contributed by atoms with van der Waals surface area (Å²) in [4.78, 5) is 24.4. The summed E-state index contributed by atoms with van der Waals surface area (Å²) in [6.07, 6.45) is 0.810. The predicted octanol–water partition coefficient (Wildman–Crippen LogP) is 3.15. The highest BCUT2D eigenvalue weighted by Crippen LogP contribution is 2.19. The third kappa shape index (κ3) is 6.08. The van der Waals surface area contributed by atoms with Crippen molar-refractivity contribution in [3.05, 3.63) is 54.2 Å². The van der Waals surface area contributed by atoms with Crippen molar-refractivity contribution >= 4 is 23.6 Å². The van der Waals surface area contributed by atoms with Gasteiger partial charge in [0.1, 0.15) is 11.6 Å². The third-order valence-electron chi connectivity index (χ3n) is 3.08. The maximum atomic E-state index is 12.8. The average Bonchev–Trinajstić information content (AvgIpc) is 3.08. The predicted molar refractivity (Wildman–Crippen MR) is 87.8 cm³/mol. The second-order valence-corrected chi connectivity index (χ2v) is 6.15. The van der Waals surface area contributed by atoms with Crippen molar-refractivity contribution in [2.75, 3.05) is 5.75 Å². The largest absolute Gasteiger partial charge is 0.467 e.